The lowest BCUT2D eigenvalue weighted by Crippen LogP contribution is -2.48. The van der Waals surface area contributed by atoms with E-state index in [1.54, 1.807) is 6.07 Å². The van der Waals surface area contributed by atoms with Gasteiger partial charge in [-0.15, -0.1) is 0 Å². The summed E-state index contributed by atoms with van der Waals surface area (Å²) < 4.78 is 24.3. The van der Waals surface area contributed by atoms with Gasteiger partial charge in [-0.2, -0.15) is 0 Å². The second-order valence-electron chi connectivity index (χ2n) is 6.82. The number of anilines is 1. The zero-order valence-electron chi connectivity index (χ0n) is 14.3. The molecule has 3 rings (SSSR count). The number of ether oxygens (including phenoxy) is 2. The van der Waals surface area contributed by atoms with Gasteiger partial charge in [0.25, 0.3) is 0 Å². The highest BCUT2D eigenvalue weighted by Crippen LogP contribution is 2.46. The zero-order chi connectivity index (χ0) is 17.2. The van der Waals surface area contributed by atoms with Crippen LogP contribution in [-0.4, -0.2) is 32.4 Å². The lowest BCUT2D eigenvalue weighted by Gasteiger charge is -2.39. The molecule has 0 unspecified atom stereocenters. The number of carbonyl (C=O) groups excluding carboxylic acids is 1. The summed E-state index contributed by atoms with van der Waals surface area (Å²) in [6.07, 6.45) is 5.24. The van der Waals surface area contributed by atoms with E-state index in [0.29, 0.717) is 5.69 Å². The van der Waals surface area contributed by atoms with Gasteiger partial charge in [0.15, 0.2) is 11.6 Å². The van der Waals surface area contributed by atoms with Gasteiger partial charge >= 0.3 is 6.03 Å². The summed E-state index contributed by atoms with van der Waals surface area (Å²) >= 11 is 0. The molecule has 132 valence electrons. The number of carbonyl (C=O) groups is 1. The average molecular weight is 336 g/mol. The van der Waals surface area contributed by atoms with Gasteiger partial charge in [-0.25, -0.2) is 9.18 Å². The molecular formula is C18H25FN2O3. The maximum absolute atomic E-state index is 13.9. The van der Waals surface area contributed by atoms with Gasteiger partial charge in [0.1, 0.15) is 0 Å². The molecule has 1 spiro atoms. The number of benzene rings is 1. The quantitative estimate of drug-likeness (QED) is 0.886. The highest BCUT2D eigenvalue weighted by atomic mass is 19.1. The Morgan fingerprint density at radius 1 is 1.33 bits per heavy atom. The molecule has 1 heterocycles. The van der Waals surface area contributed by atoms with Crippen molar-refractivity contribution in [1.29, 1.82) is 0 Å². The van der Waals surface area contributed by atoms with E-state index in [2.05, 4.69) is 10.6 Å². The third kappa shape index (κ3) is 3.34. The van der Waals surface area contributed by atoms with Gasteiger partial charge in [-0.1, -0.05) is 6.42 Å². The third-order valence-electron chi connectivity index (χ3n) is 5.45. The number of halogens is 1. The summed E-state index contributed by atoms with van der Waals surface area (Å²) in [6, 6.07) is 2.76. The minimum atomic E-state index is -0.486. The number of aryl methyl sites for hydroxylation is 1. The summed E-state index contributed by atoms with van der Waals surface area (Å²) in [5.41, 5.74) is 1.39. The van der Waals surface area contributed by atoms with E-state index in [-0.39, 0.29) is 23.2 Å². The predicted octanol–water partition coefficient (Wildman–Crippen LogP) is 3.61. The van der Waals surface area contributed by atoms with Gasteiger partial charge in [0.05, 0.1) is 7.11 Å². The molecule has 5 nitrogen and oxygen atoms in total. The highest BCUT2D eigenvalue weighted by molar-refractivity contribution is 5.90. The molecule has 1 saturated heterocycles. The number of nitrogens with one attached hydrogen (secondary N) is 2. The average Bonchev–Trinajstić information content (AvgIpc) is 2.93. The first-order valence-electron chi connectivity index (χ1n) is 8.53. The smallest absolute Gasteiger partial charge is 0.319 e. The molecule has 1 aromatic carbocycles. The second-order valence-corrected chi connectivity index (χ2v) is 6.82. The summed E-state index contributed by atoms with van der Waals surface area (Å²) in [5, 5.41) is 5.88. The van der Waals surface area contributed by atoms with E-state index in [4.69, 9.17) is 9.47 Å². The fourth-order valence-electron chi connectivity index (χ4n) is 4.00. The molecular weight excluding hydrogens is 311 g/mol. The van der Waals surface area contributed by atoms with E-state index >= 15 is 0 Å². The minimum Gasteiger partial charge on any atom is -0.494 e. The predicted molar refractivity (Wildman–Crippen MR) is 90.0 cm³/mol. The van der Waals surface area contributed by atoms with E-state index in [9.17, 15) is 9.18 Å². The van der Waals surface area contributed by atoms with Crippen molar-refractivity contribution in [2.45, 2.75) is 45.1 Å². The molecule has 2 amide bonds. The van der Waals surface area contributed by atoms with Crippen LogP contribution in [0.25, 0.3) is 0 Å². The van der Waals surface area contributed by atoms with Gasteiger partial charge in [-0.05, 0) is 49.7 Å². The molecule has 1 aliphatic carbocycles. The Labute approximate surface area is 141 Å². The third-order valence-corrected chi connectivity index (χ3v) is 5.45. The Hall–Kier alpha value is -1.82. The van der Waals surface area contributed by atoms with Crippen molar-refractivity contribution < 1.29 is 18.7 Å². The van der Waals surface area contributed by atoms with Crippen LogP contribution in [0, 0.1) is 18.2 Å². The highest BCUT2D eigenvalue weighted by Gasteiger charge is 2.44. The standard InChI is InChI=1S/C18H25FN2O3/c1-12-10-15(23-2)13(19)11-14(12)20-17(22)21-16-4-3-5-18(16)6-8-24-9-7-18/h10-11,16H,3-9H2,1-2H3,(H2,20,21,22)/t16-/m0/s1. The number of hydrogen-bond donors (Lipinski definition) is 2. The molecule has 2 N–H and O–H groups in total. The van der Waals surface area contributed by atoms with E-state index < -0.39 is 5.82 Å². The molecule has 0 bridgehead atoms. The summed E-state index contributed by atoms with van der Waals surface area (Å²) in [4.78, 5) is 12.4. The molecule has 0 radical (unpaired) electrons. The van der Waals surface area contributed by atoms with Crippen LogP contribution in [-0.2, 0) is 4.74 Å². The fourth-order valence-corrected chi connectivity index (χ4v) is 4.00. The molecule has 1 aliphatic heterocycles. The Bertz CT molecular complexity index is 615. The summed E-state index contributed by atoms with van der Waals surface area (Å²) in [6.45, 7) is 3.35. The van der Waals surface area contributed by atoms with Crippen LogP contribution in [0.1, 0.15) is 37.7 Å². The van der Waals surface area contributed by atoms with Gasteiger partial charge in [0, 0.05) is 31.0 Å². The van der Waals surface area contributed by atoms with Gasteiger partial charge in [-0.3, -0.25) is 0 Å². The van der Waals surface area contributed by atoms with Crippen molar-refractivity contribution in [2.24, 2.45) is 5.41 Å². The lowest BCUT2D eigenvalue weighted by atomic mass is 9.75. The van der Waals surface area contributed by atoms with Crippen molar-refractivity contribution in [3.8, 4) is 5.75 Å². The number of urea groups is 1. The molecule has 2 fully saturated rings. The normalized spacial score (nSPS) is 22.4. The number of hydrogen-bond acceptors (Lipinski definition) is 3. The molecule has 1 aromatic rings. The minimum absolute atomic E-state index is 0.157. The summed E-state index contributed by atoms with van der Waals surface area (Å²) in [5.74, 6) is -0.310. The molecule has 2 aliphatic rings. The number of amides is 2. The molecule has 24 heavy (non-hydrogen) atoms. The Balaban J connectivity index is 1.66. The van der Waals surface area contributed by atoms with Crippen molar-refractivity contribution in [3.05, 3.63) is 23.5 Å². The first-order valence-corrected chi connectivity index (χ1v) is 8.53. The van der Waals surface area contributed by atoms with Crippen molar-refractivity contribution in [3.63, 3.8) is 0 Å². The fraction of sp³-hybridized carbons (Fsp3) is 0.611. The largest absolute Gasteiger partial charge is 0.494 e. The zero-order valence-corrected chi connectivity index (χ0v) is 14.3. The number of methoxy groups -OCH3 is 1. The van der Waals surface area contributed by atoms with Crippen LogP contribution < -0.4 is 15.4 Å². The van der Waals surface area contributed by atoms with Crippen molar-refractivity contribution >= 4 is 11.7 Å². The Morgan fingerprint density at radius 2 is 2.08 bits per heavy atom. The first-order chi connectivity index (χ1) is 11.5. The SMILES string of the molecule is COc1cc(C)c(NC(=O)N[C@H]2CCCC23CCOCC3)cc1F. The second kappa shape index (κ2) is 6.97. The maximum Gasteiger partial charge on any atom is 0.319 e. The Kier molecular flexibility index (Phi) is 4.94. The topological polar surface area (TPSA) is 59.6 Å². The van der Waals surface area contributed by atoms with Crippen LogP contribution in [0.2, 0.25) is 0 Å². The summed E-state index contributed by atoms with van der Waals surface area (Å²) in [7, 11) is 1.42. The van der Waals surface area contributed by atoms with Crippen molar-refractivity contribution in [1.82, 2.24) is 5.32 Å². The first kappa shape index (κ1) is 17.0. The van der Waals surface area contributed by atoms with Crippen LogP contribution in [0.4, 0.5) is 14.9 Å². The van der Waals surface area contributed by atoms with Crippen LogP contribution in [0.5, 0.6) is 5.75 Å². The van der Waals surface area contributed by atoms with E-state index in [1.807, 2.05) is 6.92 Å². The molecule has 0 aromatic heterocycles. The van der Waals surface area contributed by atoms with E-state index in [1.165, 1.54) is 13.2 Å². The molecule has 1 saturated carbocycles. The van der Waals surface area contributed by atoms with Crippen LogP contribution in [0.15, 0.2) is 12.1 Å². The molecule has 1 atom stereocenters. The Morgan fingerprint density at radius 3 is 2.79 bits per heavy atom. The van der Waals surface area contributed by atoms with Crippen LogP contribution >= 0.6 is 0 Å². The maximum atomic E-state index is 13.9. The lowest BCUT2D eigenvalue weighted by molar-refractivity contribution is 0.00652. The molecule has 6 heteroatoms. The van der Waals surface area contributed by atoms with Gasteiger partial charge < -0.3 is 20.1 Å². The monoisotopic (exact) mass is 336 g/mol. The van der Waals surface area contributed by atoms with Crippen molar-refractivity contribution in [2.75, 3.05) is 25.6 Å². The van der Waals surface area contributed by atoms with E-state index in [0.717, 1.165) is 50.9 Å². The number of rotatable bonds is 3. The van der Waals surface area contributed by atoms with Gasteiger partial charge in [0.2, 0.25) is 0 Å². The van der Waals surface area contributed by atoms with Crippen LogP contribution in [0.3, 0.4) is 0 Å².